The zero-order chi connectivity index (χ0) is 13.8. The summed E-state index contributed by atoms with van der Waals surface area (Å²) >= 11 is 0. The number of benzene rings is 1. The fraction of sp³-hybridized carbons (Fsp3) is 0.500. The Morgan fingerprint density at radius 2 is 1.61 bits per heavy atom. The molecule has 0 aliphatic heterocycles. The molecule has 0 saturated carbocycles. The molecular weight excluding hydrogens is 224 g/mol. The predicted octanol–water partition coefficient (Wildman–Crippen LogP) is 4.09. The van der Waals surface area contributed by atoms with Crippen molar-refractivity contribution in [1.29, 1.82) is 0 Å². The van der Waals surface area contributed by atoms with Gasteiger partial charge in [-0.25, -0.2) is 0 Å². The van der Waals surface area contributed by atoms with E-state index in [4.69, 9.17) is 4.74 Å². The van der Waals surface area contributed by atoms with Gasteiger partial charge in [-0.15, -0.1) is 0 Å². The largest absolute Gasteiger partial charge is 0.491 e. The number of hydrogen-bond acceptors (Lipinski definition) is 2. The van der Waals surface area contributed by atoms with Crippen LogP contribution in [-0.2, 0) is 15.9 Å². The summed E-state index contributed by atoms with van der Waals surface area (Å²) in [6.07, 6.45) is 3.04. The smallest absolute Gasteiger partial charge is 0.130 e. The van der Waals surface area contributed by atoms with E-state index < -0.39 is 5.60 Å². The van der Waals surface area contributed by atoms with Crippen molar-refractivity contribution in [2.75, 3.05) is 0 Å². The van der Waals surface area contributed by atoms with Crippen LogP contribution in [0.4, 0.5) is 0 Å². The van der Waals surface area contributed by atoms with Crippen molar-refractivity contribution in [1.82, 2.24) is 0 Å². The molecule has 1 aromatic carbocycles. The summed E-state index contributed by atoms with van der Waals surface area (Å²) < 4.78 is 5.62. The highest BCUT2D eigenvalue weighted by atomic mass is 16.5. The van der Waals surface area contributed by atoms with Crippen LogP contribution in [0.15, 0.2) is 37.1 Å². The molecule has 0 spiro atoms. The Bertz CT molecular complexity index is 392. The first kappa shape index (κ1) is 14.8. The van der Waals surface area contributed by atoms with Gasteiger partial charge < -0.3 is 9.84 Å². The van der Waals surface area contributed by atoms with Gasteiger partial charge >= 0.3 is 0 Å². The molecule has 2 unspecified atom stereocenters. The van der Waals surface area contributed by atoms with Gasteiger partial charge in [-0.1, -0.05) is 44.7 Å². The average Bonchev–Trinajstić information content (AvgIpc) is 2.39. The molecule has 18 heavy (non-hydrogen) atoms. The van der Waals surface area contributed by atoms with Crippen molar-refractivity contribution < 1.29 is 9.84 Å². The molecule has 1 N–H and O–H groups in total. The summed E-state index contributed by atoms with van der Waals surface area (Å²) in [7, 11) is 0. The zero-order valence-corrected chi connectivity index (χ0v) is 11.9. The number of hydrogen-bond donors (Lipinski definition) is 1. The molecule has 100 valence electrons. The molecule has 0 aliphatic carbocycles. The van der Waals surface area contributed by atoms with Gasteiger partial charge in [-0.05, 0) is 37.8 Å². The number of rotatable bonds is 6. The van der Waals surface area contributed by atoms with Gasteiger partial charge in [-0.2, -0.15) is 0 Å². The lowest BCUT2D eigenvalue weighted by Crippen LogP contribution is -2.24. The van der Waals surface area contributed by atoms with Crippen LogP contribution in [0.1, 0.15) is 51.7 Å². The molecule has 0 aliphatic rings. The van der Waals surface area contributed by atoms with Crippen LogP contribution in [0, 0.1) is 0 Å². The molecule has 0 heterocycles. The van der Waals surface area contributed by atoms with Crippen LogP contribution in [0.25, 0.3) is 0 Å². The van der Waals surface area contributed by atoms with Gasteiger partial charge in [0.15, 0.2) is 0 Å². The normalized spacial score (nSPS) is 17.6. The van der Waals surface area contributed by atoms with E-state index in [-0.39, 0.29) is 5.60 Å². The minimum Gasteiger partial charge on any atom is -0.491 e. The molecule has 1 aromatic rings. The highest BCUT2D eigenvalue weighted by molar-refractivity contribution is 5.30. The lowest BCUT2D eigenvalue weighted by molar-refractivity contribution is 0.0323. The van der Waals surface area contributed by atoms with Crippen molar-refractivity contribution in [3.8, 4) is 0 Å². The highest BCUT2D eigenvalue weighted by Gasteiger charge is 2.26. The fourth-order valence-corrected chi connectivity index (χ4v) is 1.93. The molecule has 0 radical (unpaired) electrons. The van der Waals surface area contributed by atoms with Crippen molar-refractivity contribution in [2.45, 2.75) is 51.7 Å². The van der Waals surface area contributed by atoms with Crippen LogP contribution < -0.4 is 0 Å². The van der Waals surface area contributed by atoms with Crippen molar-refractivity contribution in [2.24, 2.45) is 0 Å². The van der Waals surface area contributed by atoms with E-state index in [0.717, 1.165) is 17.5 Å². The van der Waals surface area contributed by atoms with Gasteiger partial charge in [0.05, 0.1) is 11.9 Å². The standard InChI is InChI=1S/C16H24O2/c1-6-15(4,17)13-9-11-14(12-10-13)16(5,7-2)18-8-3/h8-12,17H,3,6-7H2,1-2,4-5H3. The Kier molecular flexibility index (Phi) is 4.58. The molecule has 2 heteroatoms. The first-order chi connectivity index (χ1) is 8.39. The average molecular weight is 248 g/mol. The Labute approximate surface area is 110 Å². The summed E-state index contributed by atoms with van der Waals surface area (Å²) in [4.78, 5) is 0. The molecule has 1 rings (SSSR count). The third-order valence-electron chi connectivity index (χ3n) is 3.82. The second-order valence-corrected chi connectivity index (χ2v) is 5.07. The maximum Gasteiger partial charge on any atom is 0.130 e. The maximum atomic E-state index is 10.2. The van der Waals surface area contributed by atoms with Crippen molar-refractivity contribution in [3.63, 3.8) is 0 Å². The topological polar surface area (TPSA) is 29.5 Å². The molecule has 2 atom stereocenters. The van der Waals surface area contributed by atoms with Crippen molar-refractivity contribution in [3.05, 3.63) is 48.2 Å². The summed E-state index contributed by atoms with van der Waals surface area (Å²) in [6.45, 7) is 11.6. The maximum absolute atomic E-state index is 10.2. The van der Waals surface area contributed by atoms with Crippen LogP contribution in [-0.4, -0.2) is 5.11 Å². The fourth-order valence-electron chi connectivity index (χ4n) is 1.93. The summed E-state index contributed by atoms with van der Waals surface area (Å²) in [5.41, 5.74) is 0.921. The minimum atomic E-state index is -0.763. The second kappa shape index (κ2) is 5.57. The van der Waals surface area contributed by atoms with Crippen LogP contribution in [0.2, 0.25) is 0 Å². The molecule has 0 amide bonds. The lowest BCUT2D eigenvalue weighted by Gasteiger charge is -2.29. The van der Waals surface area contributed by atoms with E-state index in [9.17, 15) is 5.11 Å². The summed E-state index contributed by atoms with van der Waals surface area (Å²) in [5, 5.41) is 10.2. The Hall–Kier alpha value is -1.28. The molecule has 0 bridgehead atoms. The first-order valence-corrected chi connectivity index (χ1v) is 6.51. The minimum absolute atomic E-state index is 0.349. The Morgan fingerprint density at radius 1 is 1.11 bits per heavy atom. The van der Waals surface area contributed by atoms with Gasteiger partial charge in [-0.3, -0.25) is 0 Å². The molecule has 2 nitrogen and oxygen atoms in total. The van der Waals surface area contributed by atoms with E-state index in [1.54, 1.807) is 0 Å². The van der Waals surface area contributed by atoms with E-state index in [1.807, 2.05) is 45.0 Å². The van der Waals surface area contributed by atoms with Crippen LogP contribution >= 0.6 is 0 Å². The van der Waals surface area contributed by atoms with E-state index in [0.29, 0.717) is 6.42 Å². The predicted molar refractivity (Wildman–Crippen MR) is 75.2 cm³/mol. The Morgan fingerprint density at radius 3 is 2.00 bits per heavy atom. The highest BCUT2D eigenvalue weighted by Crippen LogP contribution is 2.31. The third-order valence-corrected chi connectivity index (χ3v) is 3.82. The quantitative estimate of drug-likeness (QED) is 0.768. The van der Waals surface area contributed by atoms with E-state index in [2.05, 4.69) is 13.5 Å². The van der Waals surface area contributed by atoms with Gasteiger partial charge in [0.2, 0.25) is 0 Å². The summed E-state index contributed by atoms with van der Waals surface area (Å²) in [5.74, 6) is 0. The molecule has 0 saturated heterocycles. The lowest BCUT2D eigenvalue weighted by atomic mass is 9.88. The SMILES string of the molecule is C=COC(C)(CC)c1ccc(C(C)(O)CC)cc1. The van der Waals surface area contributed by atoms with Crippen LogP contribution in [0.5, 0.6) is 0 Å². The van der Waals surface area contributed by atoms with Crippen molar-refractivity contribution >= 4 is 0 Å². The third kappa shape index (κ3) is 2.94. The monoisotopic (exact) mass is 248 g/mol. The van der Waals surface area contributed by atoms with E-state index in [1.165, 1.54) is 6.26 Å². The first-order valence-electron chi connectivity index (χ1n) is 6.51. The molecule has 0 fully saturated rings. The van der Waals surface area contributed by atoms with Gasteiger partial charge in [0.1, 0.15) is 5.60 Å². The number of aliphatic hydroxyl groups is 1. The zero-order valence-electron chi connectivity index (χ0n) is 11.9. The van der Waals surface area contributed by atoms with Gasteiger partial charge in [0.25, 0.3) is 0 Å². The summed E-state index contributed by atoms with van der Waals surface area (Å²) in [6, 6.07) is 7.98. The van der Waals surface area contributed by atoms with Crippen LogP contribution in [0.3, 0.4) is 0 Å². The Balaban J connectivity index is 3.05. The van der Waals surface area contributed by atoms with E-state index >= 15 is 0 Å². The second-order valence-electron chi connectivity index (χ2n) is 5.07. The number of ether oxygens (including phenoxy) is 1. The van der Waals surface area contributed by atoms with Gasteiger partial charge in [0, 0.05) is 0 Å². The molecular formula is C16H24O2. The molecule has 0 aromatic heterocycles.